The maximum Gasteiger partial charge on any atom is 0.573 e. The van der Waals surface area contributed by atoms with E-state index in [1.54, 1.807) is 0 Å². The van der Waals surface area contributed by atoms with Crippen LogP contribution < -0.4 is 4.74 Å². The highest BCUT2D eigenvalue weighted by atomic mass is 19.4. The Kier molecular flexibility index (Phi) is 2.73. The highest BCUT2D eigenvalue weighted by Gasteiger charge is 2.36. The zero-order valence-electron chi connectivity index (χ0n) is 6.79. The second-order valence-electron chi connectivity index (χ2n) is 2.25. The fourth-order valence-electron chi connectivity index (χ4n) is 0.784. The first kappa shape index (κ1) is 11.1. The van der Waals surface area contributed by atoms with Gasteiger partial charge in [-0.2, -0.15) is 4.39 Å². The normalized spacial score (nSPS) is 11.2. The molecule has 0 aliphatic heterocycles. The fraction of sp³-hybridized carbons (Fsp3) is 0.167. The van der Waals surface area contributed by atoms with Crippen LogP contribution in [0, 0.1) is 16.1 Å². The second kappa shape index (κ2) is 3.67. The largest absolute Gasteiger partial charge is 0.573 e. The standard InChI is InChI=1S/C6H2F4N2O3/c7-5-4(12(13)14)3(1-2-11-5)15-6(8,9)10/h1-2H. The molecule has 5 nitrogen and oxygen atoms in total. The molecule has 0 unspecified atom stereocenters. The summed E-state index contributed by atoms with van der Waals surface area (Å²) in [6, 6.07) is 0.550. The van der Waals surface area contributed by atoms with Crippen LogP contribution in [0.5, 0.6) is 5.75 Å². The Bertz CT molecular complexity index is 392. The number of alkyl halides is 3. The summed E-state index contributed by atoms with van der Waals surface area (Å²) in [4.78, 5) is 11.7. The van der Waals surface area contributed by atoms with E-state index in [0.29, 0.717) is 12.3 Å². The molecule has 15 heavy (non-hydrogen) atoms. The van der Waals surface area contributed by atoms with Crippen molar-refractivity contribution in [2.45, 2.75) is 6.36 Å². The minimum absolute atomic E-state index is 0.550. The van der Waals surface area contributed by atoms with Gasteiger partial charge in [0.2, 0.25) is 5.75 Å². The maximum atomic E-state index is 12.7. The summed E-state index contributed by atoms with van der Waals surface area (Å²) in [5.41, 5.74) is -1.45. The number of aromatic nitrogens is 1. The summed E-state index contributed by atoms with van der Waals surface area (Å²) in [5.74, 6) is -2.87. The molecule has 1 heterocycles. The molecule has 0 fully saturated rings. The van der Waals surface area contributed by atoms with E-state index in [4.69, 9.17) is 0 Å². The lowest BCUT2D eigenvalue weighted by Crippen LogP contribution is -2.18. The summed E-state index contributed by atoms with van der Waals surface area (Å²) in [7, 11) is 0. The lowest BCUT2D eigenvalue weighted by atomic mass is 10.4. The first-order chi connectivity index (χ1) is 6.81. The van der Waals surface area contributed by atoms with Crippen LogP contribution in [0.15, 0.2) is 12.3 Å². The van der Waals surface area contributed by atoms with Crippen LogP contribution in [-0.2, 0) is 0 Å². The van der Waals surface area contributed by atoms with Crippen molar-refractivity contribution in [3.8, 4) is 5.75 Å². The molecule has 0 bridgehead atoms. The lowest BCUT2D eigenvalue weighted by Gasteiger charge is -2.08. The molecule has 0 saturated heterocycles. The van der Waals surface area contributed by atoms with Gasteiger partial charge in [-0.05, 0) is 0 Å². The van der Waals surface area contributed by atoms with Gasteiger partial charge in [-0.15, -0.1) is 13.2 Å². The molecule has 1 rings (SSSR count). The molecule has 0 aliphatic rings. The Morgan fingerprint density at radius 2 is 2.07 bits per heavy atom. The molecular formula is C6H2F4N2O3. The Balaban J connectivity index is 3.18. The summed E-state index contributed by atoms with van der Waals surface area (Å²) < 4.78 is 51.1. The Morgan fingerprint density at radius 1 is 1.47 bits per heavy atom. The van der Waals surface area contributed by atoms with Crippen molar-refractivity contribution < 1.29 is 27.2 Å². The van der Waals surface area contributed by atoms with Gasteiger partial charge >= 0.3 is 12.0 Å². The van der Waals surface area contributed by atoms with Gasteiger partial charge in [0.05, 0.1) is 4.92 Å². The average Bonchev–Trinajstić information content (AvgIpc) is 1.99. The van der Waals surface area contributed by atoms with Gasteiger partial charge in [-0.3, -0.25) is 10.1 Å². The molecule has 1 aromatic heterocycles. The van der Waals surface area contributed by atoms with Crippen LogP contribution in [-0.4, -0.2) is 16.3 Å². The summed E-state index contributed by atoms with van der Waals surface area (Å²) in [6.07, 6.45) is -4.50. The number of hydrogen-bond donors (Lipinski definition) is 0. The highest BCUT2D eigenvalue weighted by molar-refractivity contribution is 5.44. The van der Waals surface area contributed by atoms with E-state index < -0.39 is 28.7 Å². The predicted octanol–water partition coefficient (Wildman–Crippen LogP) is 2.03. The van der Waals surface area contributed by atoms with Crippen molar-refractivity contribution >= 4 is 5.69 Å². The third-order valence-corrected chi connectivity index (χ3v) is 1.25. The number of halogens is 4. The molecule has 0 aromatic carbocycles. The maximum absolute atomic E-state index is 12.7. The van der Waals surface area contributed by atoms with Gasteiger partial charge in [0, 0.05) is 12.3 Å². The number of ether oxygens (including phenoxy) is 1. The predicted molar refractivity (Wildman–Crippen MR) is 37.5 cm³/mol. The van der Waals surface area contributed by atoms with Crippen molar-refractivity contribution in [3.63, 3.8) is 0 Å². The average molecular weight is 226 g/mol. The number of rotatable bonds is 2. The Hall–Kier alpha value is -1.93. The summed E-state index contributed by atoms with van der Waals surface area (Å²) in [6.45, 7) is 0. The van der Waals surface area contributed by atoms with Crippen LogP contribution in [0.25, 0.3) is 0 Å². The molecule has 0 N–H and O–H groups in total. The van der Waals surface area contributed by atoms with Gasteiger partial charge in [0.1, 0.15) is 0 Å². The van der Waals surface area contributed by atoms with E-state index >= 15 is 0 Å². The van der Waals surface area contributed by atoms with Gasteiger partial charge in [-0.25, -0.2) is 4.98 Å². The zero-order valence-corrected chi connectivity index (χ0v) is 6.79. The number of pyridine rings is 1. The van der Waals surface area contributed by atoms with E-state index in [1.165, 1.54) is 0 Å². The number of nitrogens with zero attached hydrogens (tertiary/aromatic N) is 2. The van der Waals surface area contributed by atoms with Crippen molar-refractivity contribution in [2.75, 3.05) is 0 Å². The quantitative estimate of drug-likeness (QED) is 0.335. The van der Waals surface area contributed by atoms with Gasteiger partial charge in [-0.1, -0.05) is 0 Å². The number of nitro groups is 1. The topological polar surface area (TPSA) is 65.3 Å². The van der Waals surface area contributed by atoms with Crippen LogP contribution in [0.1, 0.15) is 0 Å². The Labute approximate surface area is 79.4 Å². The molecule has 0 atom stereocenters. The molecule has 82 valence electrons. The minimum atomic E-state index is -5.13. The summed E-state index contributed by atoms with van der Waals surface area (Å²) >= 11 is 0. The van der Waals surface area contributed by atoms with Crippen LogP contribution in [0.4, 0.5) is 23.2 Å². The van der Waals surface area contributed by atoms with Crippen LogP contribution >= 0.6 is 0 Å². The minimum Gasteiger partial charge on any atom is -0.398 e. The molecular weight excluding hydrogens is 224 g/mol. The zero-order chi connectivity index (χ0) is 11.6. The Morgan fingerprint density at radius 3 is 2.53 bits per heavy atom. The third kappa shape index (κ3) is 2.76. The number of hydrogen-bond acceptors (Lipinski definition) is 4. The van der Waals surface area contributed by atoms with Crippen molar-refractivity contribution in [1.29, 1.82) is 0 Å². The van der Waals surface area contributed by atoms with Gasteiger partial charge in [0.25, 0.3) is 5.95 Å². The first-order valence-corrected chi connectivity index (χ1v) is 3.36. The highest BCUT2D eigenvalue weighted by Crippen LogP contribution is 2.32. The van der Waals surface area contributed by atoms with Crippen LogP contribution in [0.2, 0.25) is 0 Å². The third-order valence-electron chi connectivity index (χ3n) is 1.25. The van der Waals surface area contributed by atoms with Crippen molar-refractivity contribution in [3.05, 3.63) is 28.3 Å². The van der Waals surface area contributed by atoms with E-state index in [9.17, 15) is 27.7 Å². The second-order valence-corrected chi connectivity index (χ2v) is 2.25. The molecule has 0 saturated carbocycles. The lowest BCUT2D eigenvalue weighted by molar-refractivity contribution is -0.391. The van der Waals surface area contributed by atoms with E-state index in [-0.39, 0.29) is 0 Å². The van der Waals surface area contributed by atoms with Crippen LogP contribution in [0.3, 0.4) is 0 Å². The SMILES string of the molecule is O=[N+]([O-])c1c(OC(F)(F)F)ccnc1F. The van der Waals surface area contributed by atoms with E-state index in [2.05, 4.69) is 9.72 Å². The molecule has 1 aromatic rings. The molecule has 0 radical (unpaired) electrons. The van der Waals surface area contributed by atoms with Crippen molar-refractivity contribution in [2.24, 2.45) is 0 Å². The van der Waals surface area contributed by atoms with Crippen molar-refractivity contribution in [1.82, 2.24) is 4.98 Å². The van der Waals surface area contributed by atoms with E-state index in [1.807, 2.05) is 0 Å². The molecule has 0 spiro atoms. The van der Waals surface area contributed by atoms with Gasteiger partial charge in [0.15, 0.2) is 0 Å². The molecule has 0 amide bonds. The van der Waals surface area contributed by atoms with Gasteiger partial charge < -0.3 is 4.74 Å². The van der Waals surface area contributed by atoms with E-state index in [0.717, 1.165) is 0 Å². The molecule has 0 aliphatic carbocycles. The fourth-order valence-corrected chi connectivity index (χ4v) is 0.784. The molecule has 9 heteroatoms. The first-order valence-electron chi connectivity index (χ1n) is 3.36. The summed E-state index contributed by atoms with van der Waals surface area (Å²) in [5, 5.41) is 10.2. The monoisotopic (exact) mass is 226 g/mol. The smallest absolute Gasteiger partial charge is 0.398 e.